The van der Waals surface area contributed by atoms with E-state index in [9.17, 15) is 4.79 Å². The van der Waals surface area contributed by atoms with Gasteiger partial charge in [0, 0.05) is 62.0 Å². The largest absolute Gasteiger partial charge is 0.379 e. The van der Waals surface area contributed by atoms with Crippen LogP contribution in [0, 0.1) is 5.92 Å². The highest BCUT2D eigenvalue weighted by atomic mass is 35.5. The van der Waals surface area contributed by atoms with Crippen molar-refractivity contribution in [3.8, 4) is 0 Å². The standard InChI is InChI=1S/C24H34ClN5O2/c1-17(2)16-30(9-7-22(31)26-8-10-29-11-13-32-14-12-29)24-20-6-5-19(25)15-21(20)27-23(28-24)18-3-4-18/h5-6,15,17-18H,3-4,7-14,16H2,1-2H3,(H,26,31). The van der Waals surface area contributed by atoms with Crippen LogP contribution in [-0.2, 0) is 9.53 Å². The molecule has 1 aliphatic carbocycles. The second-order valence-corrected chi connectivity index (χ2v) is 9.67. The summed E-state index contributed by atoms with van der Waals surface area (Å²) in [5.74, 6) is 2.79. The zero-order valence-corrected chi connectivity index (χ0v) is 19.9. The van der Waals surface area contributed by atoms with Gasteiger partial charge in [0.2, 0.25) is 5.91 Å². The molecule has 2 fully saturated rings. The summed E-state index contributed by atoms with van der Waals surface area (Å²) in [6, 6.07) is 5.80. The van der Waals surface area contributed by atoms with Crippen molar-refractivity contribution in [3.05, 3.63) is 29.0 Å². The maximum absolute atomic E-state index is 12.6. The Bertz CT molecular complexity index is 928. The number of amides is 1. The van der Waals surface area contributed by atoms with E-state index in [1.54, 1.807) is 0 Å². The van der Waals surface area contributed by atoms with Crippen molar-refractivity contribution in [2.45, 2.75) is 39.0 Å². The number of ether oxygens (including phenoxy) is 1. The van der Waals surface area contributed by atoms with E-state index in [1.807, 2.05) is 18.2 Å². The van der Waals surface area contributed by atoms with E-state index < -0.39 is 0 Å². The summed E-state index contributed by atoms with van der Waals surface area (Å²) in [5.41, 5.74) is 0.883. The summed E-state index contributed by atoms with van der Waals surface area (Å²) in [6.07, 6.45) is 2.72. The van der Waals surface area contributed by atoms with E-state index in [0.717, 1.165) is 74.8 Å². The van der Waals surface area contributed by atoms with Crippen molar-refractivity contribution < 1.29 is 9.53 Å². The predicted molar refractivity (Wildman–Crippen MR) is 128 cm³/mol. The van der Waals surface area contributed by atoms with Gasteiger partial charge in [0.05, 0.1) is 18.7 Å². The van der Waals surface area contributed by atoms with Crippen molar-refractivity contribution >= 4 is 34.2 Å². The van der Waals surface area contributed by atoms with Gasteiger partial charge in [0.15, 0.2) is 0 Å². The Morgan fingerprint density at radius 3 is 2.78 bits per heavy atom. The molecule has 0 radical (unpaired) electrons. The third kappa shape index (κ3) is 6.30. The van der Waals surface area contributed by atoms with Crippen LogP contribution < -0.4 is 10.2 Å². The molecule has 0 atom stereocenters. The monoisotopic (exact) mass is 459 g/mol. The average molecular weight is 460 g/mol. The molecule has 2 heterocycles. The van der Waals surface area contributed by atoms with E-state index in [-0.39, 0.29) is 5.91 Å². The Kier molecular flexibility index (Phi) is 7.81. The van der Waals surface area contributed by atoms with E-state index >= 15 is 0 Å². The first kappa shape index (κ1) is 23.2. The lowest BCUT2D eigenvalue weighted by Crippen LogP contribution is -2.42. The number of carbonyl (C=O) groups is 1. The van der Waals surface area contributed by atoms with Gasteiger partial charge in [-0.05, 0) is 37.0 Å². The Labute approximate surface area is 195 Å². The van der Waals surface area contributed by atoms with E-state index in [1.165, 1.54) is 0 Å². The number of rotatable bonds is 10. The molecule has 1 saturated carbocycles. The summed E-state index contributed by atoms with van der Waals surface area (Å²) in [6.45, 7) is 10.8. The van der Waals surface area contributed by atoms with Crippen molar-refractivity contribution in [2.24, 2.45) is 5.92 Å². The zero-order valence-electron chi connectivity index (χ0n) is 19.1. The van der Waals surface area contributed by atoms with Crippen LogP contribution in [0.1, 0.15) is 44.9 Å². The minimum absolute atomic E-state index is 0.0795. The Morgan fingerprint density at radius 1 is 1.28 bits per heavy atom. The molecule has 1 amide bonds. The maximum Gasteiger partial charge on any atom is 0.221 e. The topological polar surface area (TPSA) is 70.6 Å². The first-order valence-electron chi connectivity index (χ1n) is 11.8. The van der Waals surface area contributed by atoms with Crippen LogP contribution in [0.2, 0.25) is 5.02 Å². The molecule has 2 aromatic rings. The van der Waals surface area contributed by atoms with Gasteiger partial charge in [0.25, 0.3) is 0 Å². The SMILES string of the molecule is CC(C)CN(CCC(=O)NCCN1CCOCC1)c1nc(C2CC2)nc2cc(Cl)ccc12. The molecule has 174 valence electrons. The number of nitrogens with zero attached hydrogens (tertiary/aromatic N) is 4. The Morgan fingerprint density at radius 2 is 2.06 bits per heavy atom. The van der Waals surface area contributed by atoms with Crippen LogP contribution in [0.3, 0.4) is 0 Å². The van der Waals surface area contributed by atoms with Crippen LogP contribution in [0.25, 0.3) is 10.9 Å². The maximum atomic E-state index is 12.6. The lowest BCUT2D eigenvalue weighted by molar-refractivity contribution is -0.121. The summed E-state index contributed by atoms with van der Waals surface area (Å²) < 4.78 is 5.38. The van der Waals surface area contributed by atoms with Crippen LogP contribution in [0.15, 0.2) is 18.2 Å². The normalized spacial score (nSPS) is 17.1. The molecule has 1 aromatic heterocycles. The van der Waals surface area contributed by atoms with Crippen molar-refractivity contribution in [1.29, 1.82) is 0 Å². The smallest absolute Gasteiger partial charge is 0.221 e. The molecule has 8 heteroatoms. The lowest BCUT2D eigenvalue weighted by Gasteiger charge is -2.28. The second kappa shape index (κ2) is 10.8. The molecule has 2 aliphatic rings. The first-order chi connectivity index (χ1) is 15.5. The number of aromatic nitrogens is 2. The van der Waals surface area contributed by atoms with Gasteiger partial charge in [-0.15, -0.1) is 0 Å². The molecule has 1 N–H and O–H groups in total. The molecule has 1 aliphatic heterocycles. The van der Waals surface area contributed by atoms with Gasteiger partial charge in [-0.25, -0.2) is 9.97 Å². The summed E-state index contributed by atoms with van der Waals surface area (Å²) in [7, 11) is 0. The molecular weight excluding hydrogens is 426 g/mol. The fraction of sp³-hybridized carbons (Fsp3) is 0.625. The highest BCUT2D eigenvalue weighted by Crippen LogP contribution is 2.40. The lowest BCUT2D eigenvalue weighted by atomic mass is 10.1. The van der Waals surface area contributed by atoms with E-state index in [2.05, 4.69) is 29.0 Å². The third-order valence-corrected chi connectivity index (χ3v) is 6.18. The molecule has 7 nitrogen and oxygen atoms in total. The second-order valence-electron chi connectivity index (χ2n) is 9.23. The molecule has 0 bridgehead atoms. The quantitative estimate of drug-likeness (QED) is 0.586. The third-order valence-electron chi connectivity index (χ3n) is 5.95. The highest BCUT2D eigenvalue weighted by molar-refractivity contribution is 6.31. The molecular formula is C24H34ClN5O2. The van der Waals surface area contributed by atoms with Crippen LogP contribution in [0.5, 0.6) is 0 Å². The number of morpholine rings is 1. The Hall–Kier alpha value is -1.96. The van der Waals surface area contributed by atoms with Gasteiger partial charge in [0.1, 0.15) is 11.6 Å². The fourth-order valence-corrected chi connectivity index (χ4v) is 4.26. The molecule has 1 aromatic carbocycles. The van der Waals surface area contributed by atoms with Crippen molar-refractivity contribution in [1.82, 2.24) is 20.2 Å². The summed E-state index contributed by atoms with van der Waals surface area (Å²) in [5, 5.41) is 4.75. The predicted octanol–water partition coefficient (Wildman–Crippen LogP) is 3.46. The van der Waals surface area contributed by atoms with Gasteiger partial charge in [-0.2, -0.15) is 0 Å². The van der Waals surface area contributed by atoms with Crippen molar-refractivity contribution in [3.63, 3.8) is 0 Å². The zero-order chi connectivity index (χ0) is 22.5. The average Bonchev–Trinajstić information content (AvgIpc) is 3.62. The summed E-state index contributed by atoms with van der Waals surface area (Å²) in [4.78, 5) is 26.9. The Balaban J connectivity index is 1.43. The molecule has 1 saturated heterocycles. The van der Waals surface area contributed by atoms with Gasteiger partial charge in [-0.1, -0.05) is 25.4 Å². The van der Waals surface area contributed by atoms with Gasteiger partial charge >= 0.3 is 0 Å². The van der Waals surface area contributed by atoms with Crippen LogP contribution in [0.4, 0.5) is 5.82 Å². The number of nitrogens with one attached hydrogen (secondary N) is 1. The molecule has 0 unspecified atom stereocenters. The number of halogens is 1. The van der Waals surface area contributed by atoms with Crippen LogP contribution >= 0.6 is 11.6 Å². The minimum atomic E-state index is 0.0795. The molecule has 4 rings (SSSR count). The molecule has 32 heavy (non-hydrogen) atoms. The summed E-state index contributed by atoms with van der Waals surface area (Å²) >= 11 is 6.25. The van der Waals surface area contributed by atoms with Crippen molar-refractivity contribution in [2.75, 3.05) is 57.4 Å². The van der Waals surface area contributed by atoms with Crippen LogP contribution in [-0.4, -0.2) is 73.3 Å². The van der Waals surface area contributed by atoms with Gasteiger partial charge < -0.3 is 15.0 Å². The van der Waals surface area contributed by atoms with E-state index in [4.69, 9.17) is 26.3 Å². The first-order valence-corrected chi connectivity index (χ1v) is 12.2. The molecule has 0 spiro atoms. The number of hydrogen-bond donors (Lipinski definition) is 1. The fourth-order valence-electron chi connectivity index (χ4n) is 4.10. The minimum Gasteiger partial charge on any atom is -0.379 e. The number of hydrogen-bond acceptors (Lipinski definition) is 6. The number of fused-ring (bicyclic) bond motifs is 1. The van der Waals surface area contributed by atoms with Gasteiger partial charge in [-0.3, -0.25) is 9.69 Å². The number of benzene rings is 1. The number of anilines is 1. The van der Waals surface area contributed by atoms with E-state index in [0.29, 0.717) is 36.4 Å². The number of carbonyl (C=O) groups excluding carboxylic acids is 1. The highest BCUT2D eigenvalue weighted by Gasteiger charge is 2.28.